The van der Waals surface area contributed by atoms with Gasteiger partial charge in [-0.15, -0.1) is 0 Å². The number of hydrogen-bond donors (Lipinski definition) is 0. The summed E-state index contributed by atoms with van der Waals surface area (Å²) >= 11 is 0. The van der Waals surface area contributed by atoms with E-state index in [-0.39, 0.29) is 10.8 Å². The number of aryl methyl sites for hydroxylation is 2. The van der Waals surface area contributed by atoms with Gasteiger partial charge in [-0.2, -0.15) is 9.57 Å². The van der Waals surface area contributed by atoms with Crippen LogP contribution in [-0.4, -0.2) is 59.8 Å². The minimum absolute atomic E-state index is 0.0299. The lowest BCUT2D eigenvalue weighted by atomic mass is 10.2. The van der Waals surface area contributed by atoms with Crippen LogP contribution in [0.2, 0.25) is 0 Å². The van der Waals surface area contributed by atoms with Crippen molar-refractivity contribution in [2.45, 2.75) is 56.9 Å². The summed E-state index contributed by atoms with van der Waals surface area (Å²) in [6.07, 6.45) is 3.78. The molecule has 1 aliphatic heterocycles. The highest BCUT2D eigenvalue weighted by molar-refractivity contribution is 7.89. The number of aromatic nitrogens is 2. The molecule has 162 valence electrons. The van der Waals surface area contributed by atoms with Gasteiger partial charge in [0.15, 0.2) is 0 Å². The monoisotopic (exact) mass is 431 g/mol. The minimum Gasteiger partial charge on any atom is -0.345 e. The van der Waals surface area contributed by atoms with Gasteiger partial charge in [0.25, 0.3) is 0 Å². The van der Waals surface area contributed by atoms with Crippen LogP contribution >= 0.6 is 0 Å². The van der Waals surface area contributed by atoms with Crippen LogP contribution in [0.3, 0.4) is 0 Å². The Balaban J connectivity index is 1.85. The smallest absolute Gasteiger partial charge is 0.243 e. The normalized spacial score (nSPS) is 14.8. The first-order chi connectivity index (χ1) is 14.4. The second kappa shape index (κ2) is 9.58. The number of sulfonamides is 1. The maximum absolute atomic E-state index is 12.9. The topological polar surface area (TPSA) is 99.3 Å². The standard InChI is InChI=1S/C21H29N5O3S/c1-3-12-26-19-8-7-17(30(28,29)25-14-4-5-15-25)16-18(19)23-20(26)9-10-21(27)24(2)13-6-11-22/h7-8,16H,3-6,9-10,12-15H2,1-2H3. The van der Waals surface area contributed by atoms with Gasteiger partial charge in [0, 0.05) is 46.1 Å². The number of benzene rings is 1. The second-order valence-corrected chi connectivity index (χ2v) is 9.60. The fourth-order valence-corrected chi connectivity index (χ4v) is 5.35. The highest BCUT2D eigenvalue weighted by atomic mass is 32.2. The molecule has 1 saturated heterocycles. The molecule has 2 aromatic rings. The number of hydrogen-bond acceptors (Lipinski definition) is 5. The summed E-state index contributed by atoms with van der Waals surface area (Å²) in [5, 5.41) is 8.68. The van der Waals surface area contributed by atoms with E-state index in [1.165, 1.54) is 4.31 Å². The third-order valence-corrected chi connectivity index (χ3v) is 7.39. The number of carbonyl (C=O) groups is 1. The molecular weight excluding hydrogens is 402 g/mol. The largest absolute Gasteiger partial charge is 0.345 e. The quantitative estimate of drug-likeness (QED) is 0.607. The molecule has 1 amide bonds. The summed E-state index contributed by atoms with van der Waals surface area (Å²) in [5.74, 6) is 0.752. The Morgan fingerprint density at radius 1 is 1.30 bits per heavy atom. The van der Waals surface area contributed by atoms with Crippen molar-refractivity contribution < 1.29 is 13.2 Å². The van der Waals surface area contributed by atoms with Crippen molar-refractivity contribution in [3.63, 3.8) is 0 Å². The van der Waals surface area contributed by atoms with Crippen LogP contribution in [0.4, 0.5) is 0 Å². The Labute approximate surface area is 178 Å². The Bertz CT molecular complexity index is 1050. The summed E-state index contributed by atoms with van der Waals surface area (Å²) in [5.41, 5.74) is 1.53. The molecule has 0 radical (unpaired) electrons. The molecule has 0 atom stereocenters. The van der Waals surface area contributed by atoms with Crippen molar-refractivity contribution >= 4 is 27.0 Å². The lowest BCUT2D eigenvalue weighted by Gasteiger charge is -2.15. The fraction of sp³-hybridized carbons (Fsp3) is 0.571. The van der Waals surface area contributed by atoms with E-state index in [0.29, 0.717) is 44.4 Å². The van der Waals surface area contributed by atoms with Crippen LogP contribution in [0.15, 0.2) is 23.1 Å². The lowest BCUT2D eigenvalue weighted by Crippen LogP contribution is -2.28. The zero-order valence-corrected chi connectivity index (χ0v) is 18.5. The van der Waals surface area contributed by atoms with Crippen LogP contribution in [0.25, 0.3) is 11.0 Å². The van der Waals surface area contributed by atoms with Gasteiger partial charge in [-0.3, -0.25) is 4.79 Å². The van der Waals surface area contributed by atoms with Gasteiger partial charge in [-0.1, -0.05) is 6.92 Å². The van der Waals surface area contributed by atoms with Crippen molar-refractivity contribution in [1.82, 2.24) is 18.8 Å². The molecule has 0 saturated carbocycles. The van der Waals surface area contributed by atoms with Crippen molar-refractivity contribution in [2.24, 2.45) is 0 Å². The molecule has 0 bridgehead atoms. The van der Waals surface area contributed by atoms with Gasteiger partial charge in [0.05, 0.1) is 28.4 Å². The molecule has 0 N–H and O–H groups in total. The first kappa shape index (κ1) is 22.2. The van der Waals surface area contributed by atoms with Gasteiger partial charge < -0.3 is 9.47 Å². The summed E-state index contributed by atoms with van der Waals surface area (Å²) < 4.78 is 29.4. The highest BCUT2D eigenvalue weighted by Crippen LogP contribution is 2.26. The van der Waals surface area contributed by atoms with Crippen LogP contribution in [-0.2, 0) is 27.8 Å². The maximum Gasteiger partial charge on any atom is 0.243 e. The van der Waals surface area contributed by atoms with E-state index < -0.39 is 10.0 Å². The average Bonchev–Trinajstić information content (AvgIpc) is 3.39. The number of nitriles is 1. The number of amides is 1. The van der Waals surface area contributed by atoms with Crippen molar-refractivity contribution in [3.8, 4) is 6.07 Å². The third-order valence-electron chi connectivity index (χ3n) is 5.50. The number of carbonyl (C=O) groups excluding carboxylic acids is 1. The summed E-state index contributed by atoms with van der Waals surface area (Å²) in [6.45, 7) is 4.37. The van der Waals surface area contributed by atoms with E-state index in [9.17, 15) is 13.2 Å². The van der Waals surface area contributed by atoms with Crippen LogP contribution in [0, 0.1) is 11.3 Å². The van der Waals surface area contributed by atoms with Gasteiger partial charge in [0.1, 0.15) is 5.82 Å². The van der Waals surface area contributed by atoms with Crippen molar-refractivity contribution in [2.75, 3.05) is 26.7 Å². The lowest BCUT2D eigenvalue weighted by molar-refractivity contribution is -0.129. The highest BCUT2D eigenvalue weighted by Gasteiger charge is 2.28. The predicted molar refractivity (Wildman–Crippen MR) is 114 cm³/mol. The van der Waals surface area contributed by atoms with Crippen LogP contribution < -0.4 is 0 Å². The molecule has 2 heterocycles. The van der Waals surface area contributed by atoms with Crippen molar-refractivity contribution in [1.29, 1.82) is 5.26 Å². The molecule has 3 rings (SSSR count). The molecule has 30 heavy (non-hydrogen) atoms. The molecule has 1 fully saturated rings. The molecule has 0 spiro atoms. The molecule has 1 aliphatic rings. The molecule has 9 heteroatoms. The van der Waals surface area contributed by atoms with E-state index in [2.05, 4.69) is 16.5 Å². The van der Waals surface area contributed by atoms with Gasteiger partial charge in [0.2, 0.25) is 15.9 Å². The average molecular weight is 432 g/mol. The Kier molecular flexibility index (Phi) is 7.10. The van der Waals surface area contributed by atoms with Crippen LogP contribution in [0.1, 0.15) is 44.9 Å². The van der Waals surface area contributed by atoms with E-state index in [4.69, 9.17) is 5.26 Å². The van der Waals surface area contributed by atoms with E-state index >= 15 is 0 Å². The molecule has 0 unspecified atom stereocenters. The zero-order valence-electron chi connectivity index (χ0n) is 17.7. The molecule has 1 aromatic carbocycles. The molecule has 0 aliphatic carbocycles. The fourth-order valence-electron chi connectivity index (χ4n) is 3.81. The number of fused-ring (bicyclic) bond motifs is 1. The zero-order chi connectivity index (χ0) is 21.7. The van der Waals surface area contributed by atoms with Gasteiger partial charge in [-0.05, 0) is 37.5 Å². The summed E-state index contributed by atoms with van der Waals surface area (Å²) in [4.78, 5) is 18.9. The number of rotatable bonds is 9. The maximum atomic E-state index is 12.9. The predicted octanol–water partition coefficient (Wildman–Crippen LogP) is 2.54. The summed E-state index contributed by atoms with van der Waals surface area (Å²) in [7, 11) is -1.80. The van der Waals surface area contributed by atoms with Gasteiger partial charge in [-0.25, -0.2) is 13.4 Å². The van der Waals surface area contributed by atoms with E-state index in [1.54, 1.807) is 24.1 Å². The molecule has 8 nitrogen and oxygen atoms in total. The van der Waals surface area contributed by atoms with Gasteiger partial charge >= 0.3 is 0 Å². The van der Waals surface area contributed by atoms with Crippen LogP contribution in [0.5, 0.6) is 0 Å². The number of nitrogens with zero attached hydrogens (tertiary/aromatic N) is 5. The SMILES string of the molecule is CCCn1c(CCC(=O)N(C)CCC#N)nc2cc(S(=O)(=O)N3CCCC3)ccc21. The second-order valence-electron chi connectivity index (χ2n) is 7.66. The first-order valence-electron chi connectivity index (χ1n) is 10.5. The Morgan fingerprint density at radius 2 is 2.03 bits per heavy atom. The van der Waals surface area contributed by atoms with E-state index in [1.807, 2.05) is 12.1 Å². The summed E-state index contributed by atoms with van der Waals surface area (Å²) in [6, 6.07) is 7.18. The minimum atomic E-state index is -3.49. The Hall–Kier alpha value is -2.44. The first-order valence-corrected chi connectivity index (χ1v) is 11.9. The molecule has 1 aromatic heterocycles. The van der Waals surface area contributed by atoms with E-state index in [0.717, 1.165) is 37.1 Å². The number of imidazole rings is 1. The molecular formula is C21H29N5O3S. The Morgan fingerprint density at radius 3 is 2.70 bits per heavy atom. The van der Waals surface area contributed by atoms with Crippen molar-refractivity contribution in [3.05, 3.63) is 24.0 Å². The third kappa shape index (κ3) is 4.65.